The number of carbonyl (C=O) groups is 1. The Morgan fingerprint density at radius 3 is 2.92 bits per heavy atom. The van der Waals surface area contributed by atoms with Crippen LogP contribution in [0.4, 0.5) is 0 Å². The molecule has 0 radical (unpaired) electrons. The van der Waals surface area contributed by atoms with Gasteiger partial charge in [-0.25, -0.2) is 4.98 Å². The molecule has 1 heterocycles. The molecular formula is C10H11NO2. The molecule has 0 spiro atoms. The minimum atomic E-state index is 0.152. The zero-order valence-electron chi connectivity index (χ0n) is 7.76. The first-order valence-corrected chi connectivity index (χ1v) is 4.30. The maximum atomic E-state index is 11.4. The minimum absolute atomic E-state index is 0.152. The molecule has 0 aliphatic heterocycles. The summed E-state index contributed by atoms with van der Waals surface area (Å²) in [6.45, 7) is 1.91. The average molecular weight is 177 g/mol. The lowest BCUT2D eigenvalue weighted by Gasteiger charge is -2.05. The quantitative estimate of drug-likeness (QED) is 0.653. The molecule has 0 fully saturated rings. The number of Topliss-reactive ketones (excluding diaryl/α,β-unsaturated/α-hetero) is 1. The Morgan fingerprint density at radius 2 is 2.23 bits per heavy atom. The largest absolute Gasteiger partial charge is 0.480 e. The van der Waals surface area contributed by atoms with Gasteiger partial charge in [0.2, 0.25) is 5.88 Å². The fourth-order valence-corrected chi connectivity index (χ4v) is 1.73. The molecule has 0 N–H and O–H groups in total. The van der Waals surface area contributed by atoms with E-state index in [9.17, 15) is 4.79 Å². The summed E-state index contributed by atoms with van der Waals surface area (Å²) in [4.78, 5) is 15.6. The van der Waals surface area contributed by atoms with Gasteiger partial charge < -0.3 is 4.74 Å². The van der Waals surface area contributed by atoms with E-state index in [0.717, 1.165) is 17.7 Å². The highest BCUT2D eigenvalue weighted by Crippen LogP contribution is 2.29. The van der Waals surface area contributed by atoms with Crippen LogP contribution in [0.1, 0.15) is 28.0 Å². The van der Waals surface area contributed by atoms with Crippen LogP contribution in [0.25, 0.3) is 0 Å². The molecule has 1 aromatic heterocycles. The molecule has 3 nitrogen and oxygen atoms in total. The van der Waals surface area contributed by atoms with Gasteiger partial charge in [-0.1, -0.05) is 0 Å². The van der Waals surface area contributed by atoms with E-state index in [0.29, 0.717) is 17.9 Å². The molecule has 0 unspecified atom stereocenters. The number of rotatable bonds is 1. The Labute approximate surface area is 76.7 Å². The summed E-state index contributed by atoms with van der Waals surface area (Å²) >= 11 is 0. The van der Waals surface area contributed by atoms with Crippen LogP contribution < -0.4 is 4.74 Å². The second-order valence-corrected chi connectivity index (χ2v) is 3.23. The molecule has 0 amide bonds. The summed E-state index contributed by atoms with van der Waals surface area (Å²) in [6, 6.07) is 1.96. The predicted octanol–water partition coefficient (Wildman–Crippen LogP) is 1.53. The molecule has 1 aliphatic rings. The van der Waals surface area contributed by atoms with Gasteiger partial charge in [0.1, 0.15) is 0 Å². The zero-order valence-corrected chi connectivity index (χ0v) is 7.76. The van der Waals surface area contributed by atoms with Gasteiger partial charge in [-0.05, 0) is 25.0 Å². The average Bonchev–Trinajstić information content (AvgIpc) is 2.46. The molecule has 0 atom stereocenters. The molecule has 68 valence electrons. The van der Waals surface area contributed by atoms with E-state index in [4.69, 9.17) is 4.74 Å². The van der Waals surface area contributed by atoms with Crippen molar-refractivity contribution in [2.75, 3.05) is 7.11 Å². The third kappa shape index (κ3) is 1.20. The topological polar surface area (TPSA) is 39.2 Å². The fraction of sp³-hybridized carbons (Fsp3) is 0.400. The van der Waals surface area contributed by atoms with Crippen LogP contribution in [0.15, 0.2) is 6.07 Å². The second-order valence-electron chi connectivity index (χ2n) is 3.23. The zero-order chi connectivity index (χ0) is 9.42. The lowest BCUT2D eigenvalue weighted by molar-refractivity contribution is 0.0991. The smallest absolute Gasteiger partial charge is 0.224 e. The highest BCUT2D eigenvalue weighted by Gasteiger charge is 2.24. The SMILES string of the molecule is COc1nc(C)cc2c1C(=O)CC2. The molecular weight excluding hydrogens is 166 g/mol. The van der Waals surface area contributed by atoms with Crippen LogP contribution in [0.2, 0.25) is 0 Å². The molecule has 0 bridgehead atoms. The lowest BCUT2D eigenvalue weighted by Crippen LogP contribution is -2.00. The Morgan fingerprint density at radius 1 is 1.46 bits per heavy atom. The summed E-state index contributed by atoms with van der Waals surface area (Å²) in [6.07, 6.45) is 1.42. The van der Waals surface area contributed by atoms with Gasteiger partial charge in [-0.3, -0.25) is 4.79 Å². The number of pyridine rings is 1. The Kier molecular flexibility index (Phi) is 1.79. The first kappa shape index (κ1) is 8.23. The predicted molar refractivity (Wildman–Crippen MR) is 48.2 cm³/mol. The molecule has 2 rings (SSSR count). The van der Waals surface area contributed by atoms with Crippen molar-refractivity contribution in [3.05, 3.63) is 22.9 Å². The maximum absolute atomic E-state index is 11.4. The van der Waals surface area contributed by atoms with E-state index in [2.05, 4.69) is 4.98 Å². The Balaban J connectivity index is 2.64. The van der Waals surface area contributed by atoms with Crippen molar-refractivity contribution in [1.82, 2.24) is 4.98 Å². The van der Waals surface area contributed by atoms with E-state index in [1.165, 1.54) is 0 Å². The number of methoxy groups -OCH3 is 1. The van der Waals surface area contributed by atoms with E-state index < -0.39 is 0 Å². The maximum Gasteiger partial charge on any atom is 0.224 e. The van der Waals surface area contributed by atoms with Gasteiger partial charge in [-0.2, -0.15) is 0 Å². The standard InChI is InChI=1S/C10H11NO2/c1-6-5-7-3-4-8(12)9(7)10(11-6)13-2/h5H,3-4H2,1-2H3. The van der Waals surface area contributed by atoms with Gasteiger partial charge in [0.05, 0.1) is 12.7 Å². The highest BCUT2D eigenvalue weighted by molar-refractivity contribution is 6.02. The molecule has 3 heteroatoms. The van der Waals surface area contributed by atoms with Crippen molar-refractivity contribution < 1.29 is 9.53 Å². The van der Waals surface area contributed by atoms with E-state index in [1.54, 1.807) is 7.11 Å². The molecule has 0 aromatic carbocycles. The monoisotopic (exact) mass is 177 g/mol. The minimum Gasteiger partial charge on any atom is -0.480 e. The van der Waals surface area contributed by atoms with Crippen LogP contribution in [-0.2, 0) is 6.42 Å². The number of aryl methyl sites for hydroxylation is 2. The Bertz CT molecular complexity index is 371. The van der Waals surface area contributed by atoms with Crippen molar-refractivity contribution in [3.63, 3.8) is 0 Å². The molecule has 1 aliphatic carbocycles. The second kappa shape index (κ2) is 2.83. The van der Waals surface area contributed by atoms with Crippen molar-refractivity contribution in [3.8, 4) is 5.88 Å². The van der Waals surface area contributed by atoms with Crippen molar-refractivity contribution in [2.24, 2.45) is 0 Å². The number of ketones is 1. The van der Waals surface area contributed by atoms with Gasteiger partial charge in [0.25, 0.3) is 0 Å². The first-order chi connectivity index (χ1) is 6.22. The first-order valence-electron chi connectivity index (χ1n) is 4.30. The molecule has 13 heavy (non-hydrogen) atoms. The third-order valence-electron chi connectivity index (χ3n) is 2.29. The number of nitrogens with zero attached hydrogens (tertiary/aromatic N) is 1. The van der Waals surface area contributed by atoms with E-state index in [-0.39, 0.29) is 5.78 Å². The van der Waals surface area contributed by atoms with Gasteiger partial charge in [0.15, 0.2) is 5.78 Å². The van der Waals surface area contributed by atoms with Crippen LogP contribution in [-0.4, -0.2) is 17.9 Å². The number of fused-ring (bicyclic) bond motifs is 1. The highest BCUT2D eigenvalue weighted by atomic mass is 16.5. The van der Waals surface area contributed by atoms with Crippen molar-refractivity contribution >= 4 is 5.78 Å². The van der Waals surface area contributed by atoms with E-state index >= 15 is 0 Å². The number of ether oxygens (including phenoxy) is 1. The lowest BCUT2D eigenvalue weighted by atomic mass is 10.1. The van der Waals surface area contributed by atoms with Gasteiger partial charge in [-0.15, -0.1) is 0 Å². The summed E-state index contributed by atoms with van der Waals surface area (Å²) < 4.78 is 5.08. The molecule has 0 saturated heterocycles. The number of aromatic nitrogens is 1. The number of carbonyl (C=O) groups excluding carboxylic acids is 1. The van der Waals surface area contributed by atoms with Crippen LogP contribution in [0.5, 0.6) is 5.88 Å². The van der Waals surface area contributed by atoms with Gasteiger partial charge in [0, 0.05) is 12.1 Å². The molecule has 1 aromatic rings. The summed E-state index contributed by atoms with van der Waals surface area (Å²) in [5.41, 5.74) is 2.67. The van der Waals surface area contributed by atoms with Crippen LogP contribution in [0, 0.1) is 6.92 Å². The molecule has 0 saturated carbocycles. The van der Waals surface area contributed by atoms with Gasteiger partial charge >= 0.3 is 0 Å². The summed E-state index contributed by atoms with van der Waals surface area (Å²) in [7, 11) is 1.55. The van der Waals surface area contributed by atoms with E-state index in [1.807, 2.05) is 13.0 Å². The summed E-state index contributed by atoms with van der Waals surface area (Å²) in [5.74, 6) is 0.636. The Hall–Kier alpha value is -1.38. The van der Waals surface area contributed by atoms with Crippen LogP contribution in [0.3, 0.4) is 0 Å². The third-order valence-corrected chi connectivity index (χ3v) is 2.29. The number of hydrogen-bond acceptors (Lipinski definition) is 3. The fourth-order valence-electron chi connectivity index (χ4n) is 1.73. The normalized spacial score (nSPS) is 14.5. The van der Waals surface area contributed by atoms with Crippen molar-refractivity contribution in [2.45, 2.75) is 19.8 Å². The van der Waals surface area contributed by atoms with Crippen molar-refractivity contribution in [1.29, 1.82) is 0 Å². The summed E-state index contributed by atoms with van der Waals surface area (Å²) in [5, 5.41) is 0. The van der Waals surface area contributed by atoms with Crippen LogP contribution >= 0.6 is 0 Å². The number of hydrogen-bond donors (Lipinski definition) is 0.